The SMILES string of the molecule is CCC.COc1ccc(C(C)N)cc1. The Labute approximate surface area is 87.1 Å². The van der Waals surface area contributed by atoms with E-state index in [1.165, 1.54) is 6.42 Å². The Balaban J connectivity index is 0.000000500. The van der Waals surface area contributed by atoms with E-state index in [4.69, 9.17) is 10.5 Å². The van der Waals surface area contributed by atoms with Crippen LogP contribution in [0.3, 0.4) is 0 Å². The predicted molar refractivity (Wildman–Crippen MR) is 61.6 cm³/mol. The third kappa shape index (κ3) is 4.87. The molecule has 1 atom stereocenters. The molecule has 0 aromatic heterocycles. The van der Waals surface area contributed by atoms with E-state index in [9.17, 15) is 0 Å². The quantitative estimate of drug-likeness (QED) is 0.787. The van der Waals surface area contributed by atoms with Crippen molar-refractivity contribution in [2.75, 3.05) is 7.11 Å². The molecule has 0 aliphatic heterocycles. The fourth-order valence-electron chi connectivity index (χ4n) is 0.907. The number of rotatable bonds is 2. The molecule has 1 unspecified atom stereocenters. The summed E-state index contributed by atoms with van der Waals surface area (Å²) in [6.07, 6.45) is 1.25. The molecule has 0 aliphatic rings. The number of nitrogens with two attached hydrogens (primary N) is 1. The summed E-state index contributed by atoms with van der Waals surface area (Å²) < 4.78 is 5.01. The summed E-state index contributed by atoms with van der Waals surface area (Å²) in [7, 11) is 1.65. The number of methoxy groups -OCH3 is 1. The highest BCUT2D eigenvalue weighted by atomic mass is 16.5. The molecule has 0 saturated heterocycles. The topological polar surface area (TPSA) is 35.2 Å². The summed E-state index contributed by atoms with van der Waals surface area (Å²) >= 11 is 0. The maximum Gasteiger partial charge on any atom is 0.118 e. The van der Waals surface area contributed by atoms with Gasteiger partial charge in [-0.05, 0) is 24.6 Å². The van der Waals surface area contributed by atoms with E-state index in [1.807, 2.05) is 31.2 Å². The molecule has 2 nitrogen and oxygen atoms in total. The molecule has 0 bridgehead atoms. The van der Waals surface area contributed by atoms with Gasteiger partial charge in [-0.25, -0.2) is 0 Å². The molecule has 14 heavy (non-hydrogen) atoms. The monoisotopic (exact) mass is 195 g/mol. The second kappa shape index (κ2) is 7.39. The third-order valence-electron chi connectivity index (χ3n) is 1.64. The minimum atomic E-state index is 0.0981. The molecule has 1 aromatic rings. The van der Waals surface area contributed by atoms with Crippen LogP contribution < -0.4 is 10.5 Å². The van der Waals surface area contributed by atoms with Crippen LogP contribution in [0.4, 0.5) is 0 Å². The van der Waals surface area contributed by atoms with Gasteiger partial charge in [0.15, 0.2) is 0 Å². The lowest BCUT2D eigenvalue weighted by atomic mass is 10.1. The summed E-state index contributed by atoms with van der Waals surface area (Å²) in [4.78, 5) is 0. The van der Waals surface area contributed by atoms with Crippen molar-refractivity contribution in [2.24, 2.45) is 5.73 Å². The second-order valence-corrected chi connectivity index (χ2v) is 3.27. The number of hydrogen-bond acceptors (Lipinski definition) is 2. The van der Waals surface area contributed by atoms with Gasteiger partial charge >= 0.3 is 0 Å². The third-order valence-corrected chi connectivity index (χ3v) is 1.64. The Hall–Kier alpha value is -1.02. The Morgan fingerprint density at radius 1 is 1.21 bits per heavy atom. The Morgan fingerprint density at radius 3 is 1.93 bits per heavy atom. The van der Waals surface area contributed by atoms with Gasteiger partial charge in [0, 0.05) is 6.04 Å². The zero-order valence-corrected chi connectivity index (χ0v) is 9.58. The average molecular weight is 195 g/mol. The van der Waals surface area contributed by atoms with Crippen molar-refractivity contribution in [3.05, 3.63) is 29.8 Å². The van der Waals surface area contributed by atoms with Gasteiger partial charge in [-0.2, -0.15) is 0 Å². The molecule has 0 spiro atoms. The van der Waals surface area contributed by atoms with Crippen LogP contribution in [0.15, 0.2) is 24.3 Å². The van der Waals surface area contributed by atoms with E-state index < -0.39 is 0 Å². The van der Waals surface area contributed by atoms with E-state index in [0.717, 1.165) is 11.3 Å². The van der Waals surface area contributed by atoms with Crippen LogP contribution in [0.25, 0.3) is 0 Å². The van der Waals surface area contributed by atoms with Gasteiger partial charge in [-0.1, -0.05) is 32.4 Å². The van der Waals surface area contributed by atoms with Crippen molar-refractivity contribution >= 4 is 0 Å². The molecule has 0 fully saturated rings. The Kier molecular flexibility index (Phi) is 6.85. The molecule has 0 aliphatic carbocycles. The van der Waals surface area contributed by atoms with Crippen LogP contribution in [0.2, 0.25) is 0 Å². The van der Waals surface area contributed by atoms with E-state index in [2.05, 4.69) is 13.8 Å². The largest absolute Gasteiger partial charge is 0.497 e. The van der Waals surface area contributed by atoms with Gasteiger partial charge < -0.3 is 10.5 Å². The predicted octanol–water partition coefficient (Wildman–Crippen LogP) is 3.13. The van der Waals surface area contributed by atoms with Gasteiger partial charge in [0.05, 0.1) is 7.11 Å². The van der Waals surface area contributed by atoms with Crippen LogP contribution in [0.1, 0.15) is 38.8 Å². The maximum atomic E-state index is 5.66. The lowest BCUT2D eigenvalue weighted by Crippen LogP contribution is -2.04. The van der Waals surface area contributed by atoms with Gasteiger partial charge in [0.25, 0.3) is 0 Å². The molecular formula is C12H21NO. The second-order valence-electron chi connectivity index (χ2n) is 3.27. The highest BCUT2D eigenvalue weighted by Crippen LogP contribution is 2.14. The van der Waals surface area contributed by atoms with E-state index >= 15 is 0 Å². The molecule has 0 heterocycles. The zero-order valence-electron chi connectivity index (χ0n) is 9.58. The molecule has 0 amide bonds. The highest BCUT2D eigenvalue weighted by molar-refractivity contribution is 5.28. The minimum Gasteiger partial charge on any atom is -0.497 e. The molecule has 2 N–H and O–H groups in total. The van der Waals surface area contributed by atoms with Crippen molar-refractivity contribution in [2.45, 2.75) is 33.2 Å². The first-order valence-electron chi connectivity index (χ1n) is 5.05. The molecule has 1 aromatic carbocycles. The zero-order chi connectivity index (χ0) is 11.0. The lowest BCUT2D eigenvalue weighted by Gasteiger charge is -2.05. The fourth-order valence-corrected chi connectivity index (χ4v) is 0.907. The Morgan fingerprint density at radius 2 is 1.64 bits per heavy atom. The maximum absolute atomic E-state index is 5.66. The molecule has 0 saturated carbocycles. The summed E-state index contributed by atoms with van der Waals surface area (Å²) in [5.41, 5.74) is 6.79. The smallest absolute Gasteiger partial charge is 0.118 e. The van der Waals surface area contributed by atoms with Crippen molar-refractivity contribution in [3.8, 4) is 5.75 Å². The van der Waals surface area contributed by atoms with Gasteiger partial charge in [-0.15, -0.1) is 0 Å². The van der Waals surface area contributed by atoms with E-state index in [-0.39, 0.29) is 6.04 Å². The van der Waals surface area contributed by atoms with E-state index in [1.54, 1.807) is 7.11 Å². The summed E-state index contributed by atoms with van der Waals surface area (Å²) in [5.74, 6) is 0.870. The van der Waals surface area contributed by atoms with Crippen molar-refractivity contribution < 1.29 is 4.74 Å². The fraction of sp³-hybridized carbons (Fsp3) is 0.500. The van der Waals surface area contributed by atoms with Crippen molar-refractivity contribution in [3.63, 3.8) is 0 Å². The van der Waals surface area contributed by atoms with Gasteiger partial charge in [0.1, 0.15) is 5.75 Å². The van der Waals surface area contributed by atoms with Crippen LogP contribution in [-0.4, -0.2) is 7.11 Å². The van der Waals surface area contributed by atoms with Crippen molar-refractivity contribution in [1.29, 1.82) is 0 Å². The molecule has 80 valence electrons. The van der Waals surface area contributed by atoms with Crippen molar-refractivity contribution in [1.82, 2.24) is 0 Å². The average Bonchev–Trinajstić information content (AvgIpc) is 2.19. The summed E-state index contributed by atoms with van der Waals surface area (Å²) in [5, 5.41) is 0. The highest BCUT2D eigenvalue weighted by Gasteiger charge is 1.97. The molecule has 2 heteroatoms. The van der Waals surface area contributed by atoms with Crippen LogP contribution in [0.5, 0.6) is 5.75 Å². The number of benzene rings is 1. The molecule has 1 rings (SSSR count). The number of ether oxygens (including phenoxy) is 1. The molecular weight excluding hydrogens is 174 g/mol. The standard InChI is InChI=1S/C9H13NO.C3H8/c1-7(10)8-3-5-9(11-2)6-4-8;1-3-2/h3-7H,10H2,1-2H3;3H2,1-2H3. The molecule has 0 radical (unpaired) electrons. The first-order valence-corrected chi connectivity index (χ1v) is 5.05. The van der Waals surface area contributed by atoms with Gasteiger partial charge in [-0.3, -0.25) is 0 Å². The van der Waals surface area contributed by atoms with Crippen LogP contribution in [-0.2, 0) is 0 Å². The van der Waals surface area contributed by atoms with Gasteiger partial charge in [0.2, 0.25) is 0 Å². The lowest BCUT2D eigenvalue weighted by molar-refractivity contribution is 0.414. The normalized spacial score (nSPS) is 11.2. The summed E-state index contributed by atoms with van der Waals surface area (Å²) in [6.45, 7) is 6.21. The van der Waals surface area contributed by atoms with Crippen LogP contribution in [0, 0.1) is 0 Å². The first kappa shape index (κ1) is 13.0. The van der Waals surface area contributed by atoms with E-state index in [0.29, 0.717) is 0 Å². The Bertz CT molecular complexity index is 229. The van der Waals surface area contributed by atoms with Crippen LogP contribution >= 0.6 is 0 Å². The number of hydrogen-bond donors (Lipinski definition) is 1. The minimum absolute atomic E-state index is 0.0981. The first-order chi connectivity index (χ1) is 6.65. The summed E-state index contributed by atoms with van der Waals surface area (Å²) in [6, 6.07) is 7.88.